The predicted molar refractivity (Wildman–Crippen MR) is 71.3 cm³/mol. The van der Waals surface area contributed by atoms with Crippen molar-refractivity contribution in [3.63, 3.8) is 0 Å². The zero-order valence-electron chi connectivity index (χ0n) is 11.3. The molecular formula is C15H27NO2. The van der Waals surface area contributed by atoms with Gasteiger partial charge in [-0.25, -0.2) is 0 Å². The van der Waals surface area contributed by atoms with Crippen LogP contribution >= 0.6 is 0 Å². The van der Waals surface area contributed by atoms with Gasteiger partial charge < -0.3 is 10.2 Å². The molecule has 1 aliphatic carbocycles. The van der Waals surface area contributed by atoms with Crippen LogP contribution in [0.2, 0.25) is 0 Å². The average Bonchev–Trinajstić information content (AvgIpc) is 2.88. The van der Waals surface area contributed by atoms with Crippen molar-refractivity contribution in [2.24, 2.45) is 5.92 Å². The molecule has 0 radical (unpaired) electrons. The molecule has 0 aromatic carbocycles. The molecule has 3 unspecified atom stereocenters. The molecule has 2 bridgehead atoms. The zero-order chi connectivity index (χ0) is 12.5. The summed E-state index contributed by atoms with van der Waals surface area (Å²) in [6.45, 7) is 0.846. The van der Waals surface area contributed by atoms with Crippen molar-refractivity contribution in [3.8, 4) is 0 Å². The lowest BCUT2D eigenvalue weighted by molar-refractivity contribution is 0.00341. The minimum atomic E-state index is -0.147. The van der Waals surface area contributed by atoms with Gasteiger partial charge in [-0.15, -0.1) is 0 Å². The average molecular weight is 253 g/mol. The minimum absolute atomic E-state index is 0.0919. The minimum Gasteiger partial charge on any atom is -0.393 e. The van der Waals surface area contributed by atoms with Crippen molar-refractivity contribution in [1.82, 2.24) is 4.90 Å². The van der Waals surface area contributed by atoms with Gasteiger partial charge in [0, 0.05) is 18.6 Å². The van der Waals surface area contributed by atoms with Crippen molar-refractivity contribution in [1.29, 1.82) is 0 Å². The van der Waals surface area contributed by atoms with E-state index in [9.17, 15) is 10.2 Å². The molecule has 2 N–H and O–H groups in total. The maximum atomic E-state index is 10.3. The summed E-state index contributed by atoms with van der Waals surface area (Å²) >= 11 is 0. The van der Waals surface area contributed by atoms with Crippen LogP contribution in [0.3, 0.4) is 0 Å². The lowest BCUT2D eigenvalue weighted by Crippen LogP contribution is -2.48. The van der Waals surface area contributed by atoms with E-state index >= 15 is 0 Å². The fraction of sp³-hybridized carbons (Fsp3) is 1.00. The highest BCUT2D eigenvalue weighted by molar-refractivity contribution is 4.96. The Labute approximate surface area is 110 Å². The molecule has 2 heterocycles. The Morgan fingerprint density at radius 1 is 1.00 bits per heavy atom. The van der Waals surface area contributed by atoms with E-state index in [1.54, 1.807) is 0 Å². The highest BCUT2D eigenvalue weighted by Gasteiger charge is 2.40. The van der Waals surface area contributed by atoms with Crippen LogP contribution in [0.15, 0.2) is 0 Å². The molecule has 3 fully saturated rings. The summed E-state index contributed by atoms with van der Waals surface area (Å²) in [5.74, 6) is 0.771. The molecule has 0 aromatic heterocycles. The topological polar surface area (TPSA) is 43.7 Å². The van der Waals surface area contributed by atoms with E-state index in [2.05, 4.69) is 4.90 Å². The van der Waals surface area contributed by atoms with Gasteiger partial charge in [-0.3, -0.25) is 4.90 Å². The quantitative estimate of drug-likeness (QED) is 0.804. The highest BCUT2D eigenvalue weighted by atomic mass is 16.3. The van der Waals surface area contributed by atoms with Gasteiger partial charge in [-0.05, 0) is 38.0 Å². The van der Waals surface area contributed by atoms with Gasteiger partial charge in [0.15, 0.2) is 0 Å². The van der Waals surface area contributed by atoms with Crippen LogP contribution in [0.5, 0.6) is 0 Å². The van der Waals surface area contributed by atoms with Gasteiger partial charge in [0.2, 0.25) is 0 Å². The number of aliphatic hydroxyl groups is 2. The summed E-state index contributed by atoms with van der Waals surface area (Å²) in [4.78, 5) is 2.49. The van der Waals surface area contributed by atoms with E-state index < -0.39 is 0 Å². The molecular weight excluding hydrogens is 226 g/mol. The van der Waals surface area contributed by atoms with Crippen LogP contribution in [-0.2, 0) is 0 Å². The van der Waals surface area contributed by atoms with Gasteiger partial charge in [0.25, 0.3) is 0 Å². The standard InChI is InChI=1S/C15H27NO2/c17-14-8-12-5-6-13(9-14)16(12)10-15(18)7-11-3-1-2-4-11/h11-15,17-18H,1-10H2. The maximum absolute atomic E-state index is 10.3. The van der Waals surface area contributed by atoms with E-state index in [1.165, 1.54) is 38.5 Å². The maximum Gasteiger partial charge on any atom is 0.0670 e. The largest absolute Gasteiger partial charge is 0.393 e. The molecule has 3 atom stereocenters. The fourth-order valence-electron chi connectivity index (χ4n) is 4.49. The van der Waals surface area contributed by atoms with Crippen molar-refractivity contribution in [2.75, 3.05) is 6.54 Å². The number of fused-ring (bicyclic) bond motifs is 2. The van der Waals surface area contributed by atoms with E-state index in [4.69, 9.17) is 0 Å². The van der Waals surface area contributed by atoms with Gasteiger partial charge in [0.1, 0.15) is 0 Å². The van der Waals surface area contributed by atoms with Gasteiger partial charge in [-0.1, -0.05) is 25.7 Å². The monoisotopic (exact) mass is 253 g/mol. The third-order valence-electron chi connectivity index (χ3n) is 5.36. The van der Waals surface area contributed by atoms with Crippen molar-refractivity contribution in [3.05, 3.63) is 0 Å². The van der Waals surface area contributed by atoms with Crippen LogP contribution in [0.25, 0.3) is 0 Å². The molecule has 3 aliphatic rings. The summed E-state index contributed by atoms with van der Waals surface area (Å²) in [7, 11) is 0. The Morgan fingerprint density at radius 2 is 1.61 bits per heavy atom. The molecule has 3 heteroatoms. The Bertz CT molecular complexity index is 264. The van der Waals surface area contributed by atoms with Crippen LogP contribution in [0.4, 0.5) is 0 Å². The molecule has 104 valence electrons. The first-order chi connectivity index (χ1) is 8.72. The summed E-state index contributed by atoms with van der Waals surface area (Å²) in [5.41, 5.74) is 0. The summed E-state index contributed by atoms with van der Waals surface area (Å²) in [5, 5.41) is 20.1. The van der Waals surface area contributed by atoms with E-state index in [-0.39, 0.29) is 12.2 Å². The molecule has 2 saturated heterocycles. The van der Waals surface area contributed by atoms with Gasteiger partial charge >= 0.3 is 0 Å². The lowest BCUT2D eigenvalue weighted by atomic mass is 9.96. The van der Waals surface area contributed by atoms with E-state index in [0.29, 0.717) is 12.1 Å². The Hall–Kier alpha value is -0.120. The Morgan fingerprint density at radius 3 is 2.22 bits per heavy atom. The number of rotatable bonds is 4. The molecule has 0 amide bonds. The molecule has 18 heavy (non-hydrogen) atoms. The third kappa shape index (κ3) is 2.73. The second-order valence-corrected chi connectivity index (χ2v) is 6.75. The molecule has 0 aromatic rings. The first-order valence-corrected chi connectivity index (χ1v) is 7.84. The molecule has 2 aliphatic heterocycles. The van der Waals surface area contributed by atoms with Crippen molar-refractivity contribution >= 4 is 0 Å². The molecule has 3 rings (SSSR count). The Balaban J connectivity index is 1.50. The predicted octanol–water partition coefficient (Wildman–Crippen LogP) is 1.92. The lowest BCUT2D eigenvalue weighted by Gasteiger charge is -2.38. The van der Waals surface area contributed by atoms with Crippen molar-refractivity contribution in [2.45, 2.75) is 82.1 Å². The second kappa shape index (κ2) is 5.48. The second-order valence-electron chi connectivity index (χ2n) is 6.75. The fourth-order valence-corrected chi connectivity index (χ4v) is 4.49. The van der Waals surface area contributed by atoms with Gasteiger partial charge in [-0.2, -0.15) is 0 Å². The van der Waals surface area contributed by atoms with Crippen LogP contribution < -0.4 is 0 Å². The zero-order valence-corrected chi connectivity index (χ0v) is 11.3. The Kier molecular flexibility index (Phi) is 3.92. The van der Waals surface area contributed by atoms with Gasteiger partial charge in [0.05, 0.1) is 12.2 Å². The molecule has 0 spiro atoms. The summed E-state index contributed by atoms with van der Waals surface area (Å²) in [6.07, 6.45) is 10.4. The first kappa shape index (κ1) is 12.9. The first-order valence-electron chi connectivity index (χ1n) is 7.84. The van der Waals surface area contributed by atoms with Crippen LogP contribution in [0, 0.1) is 5.92 Å². The number of hydrogen-bond donors (Lipinski definition) is 2. The normalized spacial score (nSPS) is 39.3. The third-order valence-corrected chi connectivity index (χ3v) is 5.36. The van der Waals surface area contributed by atoms with Crippen LogP contribution in [0.1, 0.15) is 57.8 Å². The van der Waals surface area contributed by atoms with E-state index in [1.807, 2.05) is 0 Å². The molecule has 1 saturated carbocycles. The molecule has 3 nitrogen and oxygen atoms in total. The van der Waals surface area contributed by atoms with E-state index in [0.717, 1.165) is 31.7 Å². The van der Waals surface area contributed by atoms with Crippen molar-refractivity contribution < 1.29 is 10.2 Å². The summed E-state index contributed by atoms with van der Waals surface area (Å²) in [6, 6.07) is 1.08. The van der Waals surface area contributed by atoms with Crippen LogP contribution in [-0.4, -0.2) is 45.9 Å². The number of hydrogen-bond acceptors (Lipinski definition) is 3. The number of aliphatic hydroxyl groups excluding tert-OH is 2. The number of piperidine rings is 1. The SMILES string of the molecule is OC1CC2CCC(C1)N2CC(O)CC1CCCC1. The highest BCUT2D eigenvalue weighted by Crippen LogP contribution is 2.36. The number of nitrogens with zero attached hydrogens (tertiary/aromatic N) is 1. The smallest absolute Gasteiger partial charge is 0.0670 e. The summed E-state index contributed by atoms with van der Waals surface area (Å²) < 4.78 is 0.